The molecular weight excluding hydrogens is 259 g/mol. The average Bonchev–Trinajstić information content (AvgIpc) is 2.09. The van der Waals surface area contributed by atoms with Gasteiger partial charge in [-0.15, -0.1) is 0 Å². The molecule has 8 heteroatoms. The Balaban J connectivity index is 2.41. The van der Waals surface area contributed by atoms with Crippen molar-refractivity contribution in [2.24, 2.45) is 0 Å². The van der Waals surface area contributed by atoms with Gasteiger partial charge in [-0.1, -0.05) is 0 Å². The number of carboxylic acids is 1. The molecule has 1 saturated carbocycles. The highest BCUT2D eigenvalue weighted by Gasteiger charge is 2.40. The first-order valence-corrected chi connectivity index (χ1v) is 5.94. The molecule has 4 nitrogen and oxygen atoms in total. The molecule has 0 aromatic rings. The molecule has 0 aliphatic heterocycles. The molecule has 1 rings (SSSR count). The molecule has 2 N–H and O–H groups in total. The van der Waals surface area contributed by atoms with E-state index in [2.05, 4.69) is 5.32 Å². The zero-order valence-electron chi connectivity index (χ0n) is 8.84. The Morgan fingerprint density at radius 1 is 1.35 bits per heavy atom. The first-order valence-electron chi connectivity index (χ1n) is 4.96. The fourth-order valence-corrected chi connectivity index (χ4v) is 2.09. The summed E-state index contributed by atoms with van der Waals surface area (Å²) in [5, 5.41) is 11.0. The summed E-state index contributed by atoms with van der Waals surface area (Å²) in [5.74, 6) is -2.56. The average molecular weight is 271 g/mol. The van der Waals surface area contributed by atoms with Crippen LogP contribution in [0.3, 0.4) is 0 Å². The van der Waals surface area contributed by atoms with Crippen LogP contribution in [-0.4, -0.2) is 33.8 Å². The van der Waals surface area contributed by atoms with Crippen LogP contribution in [0.15, 0.2) is 0 Å². The monoisotopic (exact) mass is 271 g/mol. The van der Waals surface area contributed by atoms with E-state index < -0.39 is 40.4 Å². The van der Waals surface area contributed by atoms with Crippen molar-refractivity contribution < 1.29 is 27.9 Å². The summed E-state index contributed by atoms with van der Waals surface area (Å²) in [6.07, 6.45) is 1.54. The van der Waals surface area contributed by atoms with Crippen molar-refractivity contribution >= 4 is 23.6 Å². The van der Waals surface area contributed by atoms with E-state index in [4.69, 9.17) is 5.11 Å². The Morgan fingerprint density at radius 2 is 1.94 bits per heavy atom. The molecular formula is C9H12F3NO3S. The third-order valence-electron chi connectivity index (χ3n) is 2.57. The lowest BCUT2D eigenvalue weighted by molar-refractivity contribution is -0.140. The predicted molar refractivity (Wildman–Crippen MR) is 55.5 cm³/mol. The molecule has 0 bridgehead atoms. The quantitative estimate of drug-likeness (QED) is 0.799. The van der Waals surface area contributed by atoms with Crippen LogP contribution in [0.1, 0.15) is 25.7 Å². The van der Waals surface area contributed by atoms with E-state index in [9.17, 15) is 22.8 Å². The SMILES string of the molecule is O=C(O)CC1(NC(=O)CSC(F)(F)F)CCC1. The van der Waals surface area contributed by atoms with Crippen molar-refractivity contribution in [1.82, 2.24) is 5.32 Å². The van der Waals surface area contributed by atoms with Gasteiger partial charge in [-0.2, -0.15) is 13.2 Å². The van der Waals surface area contributed by atoms with Gasteiger partial charge in [0.05, 0.1) is 17.7 Å². The normalized spacial score (nSPS) is 18.3. The fourth-order valence-electron chi connectivity index (χ4n) is 1.72. The highest BCUT2D eigenvalue weighted by atomic mass is 32.2. The maximum atomic E-state index is 11.8. The summed E-state index contributed by atoms with van der Waals surface area (Å²) in [6.45, 7) is 0. The van der Waals surface area contributed by atoms with Gasteiger partial charge in [0.15, 0.2) is 0 Å². The van der Waals surface area contributed by atoms with Gasteiger partial charge in [0.1, 0.15) is 0 Å². The van der Waals surface area contributed by atoms with Gasteiger partial charge in [-0.25, -0.2) is 0 Å². The lowest BCUT2D eigenvalue weighted by Crippen LogP contribution is -2.55. The van der Waals surface area contributed by atoms with Gasteiger partial charge in [0, 0.05) is 0 Å². The maximum absolute atomic E-state index is 11.8. The molecule has 17 heavy (non-hydrogen) atoms. The van der Waals surface area contributed by atoms with Crippen LogP contribution in [0.4, 0.5) is 13.2 Å². The van der Waals surface area contributed by atoms with Crippen molar-refractivity contribution in [3.05, 3.63) is 0 Å². The Morgan fingerprint density at radius 3 is 2.29 bits per heavy atom. The minimum atomic E-state index is -4.45. The second-order valence-corrected chi connectivity index (χ2v) is 5.03. The van der Waals surface area contributed by atoms with Gasteiger partial charge in [-0.3, -0.25) is 9.59 Å². The van der Waals surface area contributed by atoms with Gasteiger partial charge in [0.2, 0.25) is 5.91 Å². The van der Waals surface area contributed by atoms with Crippen LogP contribution in [0.25, 0.3) is 0 Å². The van der Waals surface area contributed by atoms with Crippen LogP contribution < -0.4 is 5.32 Å². The molecule has 0 atom stereocenters. The van der Waals surface area contributed by atoms with Gasteiger partial charge in [-0.05, 0) is 31.0 Å². The highest BCUT2D eigenvalue weighted by Crippen LogP contribution is 2.35. The molecule has 0 unspecified atom stereocenters. The van der Waals surface area contributed by atoms with Gasteiger partial charge >= 0.3 is 11.5 Å². The fraction of sp³-hybridized carbons (Fsp3) is 0.778. The van der Waals surface area contributed by atoms with E-state index >= 15 is 0 Å². The number of nitrogens with one attached hydrogen (secondary N) is 1. The second kappa shape index (κ2) is 5.16. The first-order chi connectivity index (χ1) is 7.72. The number of rotatable bonds is 5. The first kappa shape index (κ1) is 14.1. The number of thioether (sulfide) groups is 1. The third-order valence-corrected chi connectivity index (χ3v) is 3.31. The van der Waals surface area contributed by atoms with Crippen molar-refractivity contribution in [2.45, 2.75) is 36.7 Å². The lowest BCUT2D eigenvalue weighted by Gasteiger charge is -2.41. The number of alkyl halides is 3. The molecule has 1 aliphatic rings. The van der Waals surface area contributed by atoms with Crippen LogP contribution in [0, 0.1) is 0 Å². The molecule has 1 amide bonds. The minimum Gasteiger partial charge on any atom is -0.481 e. The largest absolute Gasteiger partial charge is 0.481 e. The van der Waals surface area contributed by atoms with Crippen molar-refractivity contribution in [3.63, 3.8) is 0 Å². The maximum Gasteiger partial charge on any atom is 0.442 e. The van der Waals surface area contributed by atoms with E-state index in [1.54, 1.807) is 0 Å². The van der Waals surface area contributed by atoms with Gasteiger partial charge in [0.25, 0.3) is 0 Å². The Bertz CT molecular complexity index is 315. The van der Waals surface area contributed by atoms with E-state index in [0.29, 0.717) is 12.8 Å². The van der Waals surface area contributed by atoms with Gasteiger partial charge < -0.3 is 10.4 Å². The summed E-state index contributed by atoms with van der Waals surface area (Å²) in [4.78, 5) is 21.8. The van der Waals surface area contributed by atoms with Crippen molar-refractivity contribution in [2.75, 3.05) is 5.75 Å². The van der Waals surface area contributed by atoms with Crippen LogP contribution in [0.2, 0.25) is 0 Å². The zero-order chi connectivity index (χ0) is 13.1. The van der Waals surface area contributed by atoms with Crippen LogP contribution in [-0.2, 0) is 9.59 Å². The van der Waals surface area contributed by atoms with E-state index in [-0.39, 0.29) is 6.42 Å². The van der Waals surface area contributed by atoms with Crippen molar-refractivity contribution in [3.8, 4) is 0 Å². The Hall–Kier alpha value is -0.920. The second-order valence-electron chi connectivity index (χ2n) is 3.99. The number of carbonyl (C=O) groups is 2. The van der Waals surface area contributed by atoms with Crippen molar-refractivity contribution in [1.29, 1.82) is 0 Å². The summed E-state index contributed by atoms with van der Waals surface area (Å²) in [7, 11) is 0. The Kier molecular flexibility index (Phi) is 4.29. The summed E-state index contributed by atoms with van der Waals surface area (Å²) in [6, 6.07) is 0. The minimum absolute atomic E-state index is 0.241. The third kappa shape index (κ3) is 4.84. The Labute approximate surface area is 99.9 Å². The molecule has 0 aromatic heterocycles. The molecule has 1 aliphatic carbocycles. The lowest BCUT2D eigenvalue weighted by atomic mass is 9.74. The molecule has 0 radical (unpaired) electrons. The number of halogens is 3. The van der Waals surface area contributed by atoms with E-state index in [0.717, 1.165) is 6.42 Å². The molecule has 98 valence electrons. The summed E-state index contributed by atoms with van der Waals surface area (Å²) >= 11 is -0.424. The number of hydrogen-bond donors (Lipinski definition) is 2. The number of carboxylic acid groups (broad SMARTS) is 1. The topological polar surface area (TPSA) is 66.4 Å². The van der Waals surface area contributed by atoms with Crippen LogP contribution in [0.5, 0.6) is 0 Å². The number of carbonyl (C=O) groups excluding carboxylic acids is 1. The smallest absolute Gasteiger partial charge is 0.442 e. The molecule has 1 fully saturated rings. The molecule has 0 spiro atoms. The summed E-state index contributed by atoms with van der Waals surface area (Å²) in [5.41, 5.74) is -5.29. The van der Waals surface area contributed by atoms with E-state index in [1.165, 1.54) is 0 Å². The predicted octanol–water partition coefficient (Wildman–Crippen LogP) is 1.75. The standard InChI is InChI=1S/C9H12F3NO3S/c10-9(11,12)17-5-6(14)13-8(2-1-3-8)4-7(15)16/h1-5H2,(H,13,14)(H,15,16). The molecule has 0 saturated heterocycles. The number of hydrogen-bond acceptors (Lipinski definition) is 3. The number of amides is 1. The zero-order valence-corrected chi connectivity index (χ0v) is 9.66. The van der Waals surface area contributed by atoms with E-state index in [1.807, 2.05) is 0 Å². The summed E-state index contributed by atoms with van der Waals surface area (Å²) < 4.78 is 35.5. The molecule has 0 aromatic carbocycles. The number of aliphatic carboxylic acids is 1. The van der Waals surface area contributed by atoms with Crippen LogP contribution >= 0.6 is 11.8 Å². The highest BCUT2D eigenvalue weighted by molar-refractivity contribution is 8.00. The molecule has 0 heterocycles.